The van der Waals surface area contributed by atoms with Gasteiger partial charge in [-0.05, 0) is 30.5 Å². The third-order valence-corrected chi connectivity index (χ3v) is 3.94. The fourth-order valence-electron chi connectivity index (χ4n) is 2.07. The van der Waals surface area contributed by atoms with Crippen molar-refractivity contribution in [3.63, 3.8) is 0 Å². The lowest BCUT2D eigenvalue weighted by molar-refractivity contribution is -0.893. The Morgan fingerprint density at radius 3 is 2.53 bits per heavy atom. The Kier molecular flexibility index (Phi) is 5.43. The molecule has 1 atom stereocenters. The van der Waals surface area contributed by atoms with Gasteiger partial charge < -0.3 is 4.90 Å². The third-order valence-electron chi connectivity index (χ3n) is 3.20. The average Bonchev–Trinajstić information content (AvgIpc) is 2.47. The molecule has 1 heterocycles. The maximum atomic E-state index is 4.36. The zero-order valence-corrected chi connectivity index (χ0v) is 12.4. The second kappa shape index (κ2) is 7.31. The number of likely N-dealkylation sites (N-methyl/N-ethyl adjacent to an activating group) is 1. The van der Waals surface area contributed by atoms with Gasteiger partial charge in [0, 0.05) is 28.8 Å². The highest BCUT2D eigenvalue weighted by molar-refractivity contribution is 7.98. The summed E-state index contributed by atoms with van der Waals surface area (Å²) in [5, 5.41) is 0. The Morgan fingerprint density at radius 1 is 1.11 bits per heavy atom. The quantitative estimate of drug-likeness (QED) is 0.812. The highest BCUT2D eigenvalue weighted by atomic mass is 32.2. The van der Waals surface area contributed by atoms with Crippen LogP contribution in [0, 0.1) is 0 Å². The summed E-state index contributed by atoms with van der Waals surface area (Å²) in [6.07, 6.45) is 5.01. The molecule has 100 valence electrons. The molecular formula is C16H21N2S+. The van der Waals surface area contributed by atoms with Gasteiger partial charge in [0.05, 0.1) is 13.6 Å². The largest absolute Gasteiger partial charge is 0.333 e. The van der Waals surface area contributed by atoms with E-state index < -0.39 is 0 Å². The van der Waals surface area contributed by atoms with Crippen LogP contribution in [0.4, 0.5) is 0 Å². The summed E-state index contributed by atoms with van der Waals surface area (Å²) in [6, 6.07) is 15.0. The van der Waals surface area contributed by atoms with E-state index in [2.05, 4.69) is 54.7 Å². The number of hydrogen-bond acceptors (Lipinski definition) is 2. The summed E-state index contributed by atoms with van der Waals surface area (Å²) >= 11 is 1.79. The van der Waals surface area contributed by atoms with Crippen molar-refractivity contribution in [2.75, 3.05) is 19.8 Å². The van der Waals surface area contributed by atoms with Gasteiger partial charge in [-0.25, -0.2) is 0 Å². The molecule has 19 heavy (non-hydrogen) atoms. The standard InChI is InChI=1S/C16H20N2S/c1-18(12-10-15-5-3-4-11-17-15)13-14-6-8-16(19-2)9-7-14/h3-9,11H,10,12-13H2,1-2H3/p+1. The topological polar surface area (TPSA) is 17.3 Å². The lowest BCUT2D eigenvalue weighted by Gasteiger charge is -2.14. The van der Waals surface area contributed by atoms with Crippen molar-refractivity contribution in [3.8, 4) is 0 Å². The second-order valence-electron chi connectivity index (χ2n) is 4.80. The molecule has 2 nitrogen and oxygen atoms in total. The van der Waals surface area contributed by atoms with Crippen LogP contribution in [0.15, 0.2) is 53.6 Å². The first-order valence-corrected chi connectivity index (χ1v) is 7.84. The van der Waals surface area contributed by atoms with E-state index in [1.54, 1.807) is 11.8 Å². The number of pyridine rings is 1. The highest BCUT2D eigenvalue weighted by Crippen LogP contribution is 2.14. The van der Waals surface area contributed by atoms with Crippen molar-refractivity contribution < 1.29 is 4.90 Å². The van der Waals surface area contributed by atoms with Gasteiger partial charge in [-0.2, -0.15) is 0 Å². The van der Waals surface area contributed by atoms with Crippen LogP contribution >= 0.6 is 11.8 Å². The molecule has 0 fully saturated rings. The molecular weight excluding hydrogens is 252 g/mol. The molecule has 3 heteroatoms. The Hall–Kier alpha value is -1.32. The highest BCUT2D eigenvalue weighted by Gasteiger charge is 2.05. The molecule has 0 aliphatic heterocycles. The van der Waals surface area contributed by atoms with E-state index in [0.29, 0.717) is 0 Å². The van der Waals surface area contributed by atoms with Crippen LogP contribution in [0.3, 0.4) is 0 Å². The monoisotopic (exact) mass is 273 g/mol. The van der Waals surface area contributed by atoms with Crippen LogP contribution in [0.2, 0.25) is 0 Å². The van der Waals surface area contributed by atoms with Gasteiger partial charge in [-0.1, -0.05) is 18.2 Å². The normalized spacial score (nSPS) is 12.3. The number of hydrogen-bond donors (Lipinski definition) is 1. The molecule has 1 unspecified atom stereocenters. The van der Waals surface area contributed by atoms with E-state index in [9.17, 15) is 0 Å². The molecule has 0 spiro atoms. The lowest BCUT2D eigenvalue weighted by atomic mass is 10.2. The van der Waals surface area contributed by atoms with Gasteiger partial charge in [0.1, 0.15) is 6.54 Å². The van der Waals surface area contributed by atoms with Crippen LogP contribution in [-0.2, 0) is 13.0 Å². The summed E-state index contributed by atoms with van der Waals surface area (Å²) in [5.74, 6) is 0. The van der Waals surface area contributed by atoms with Crippen LogP contribution in [0.1, 0.15) is 11.3 Å². The van der Waals surface area contributed by atoms with E-state index in [4.69, 9.17) is 0 Å². The zero-order valence-electron chi connectivity index (χ0n) is 11.6. The zero-order chi connectivity index (χ0) is 13.5. The van der Waals surface area contributed by atoms with Crippen molar-refractivity contribution in [2.24, 2.45) is 0 Å². The van der Waals surface area contributed by atoms with E-state index in [-0.39, 0.29) is 0 Å². The molecule has 0 aliphatic carbocycles. The molecule has 0 aliphatic rings. The predicted molar refractivity (Wildman–Crippen MR) is 81.6 cm³/mol. The number of nitrogens with zero attached hydrogens (tertiary/aromatic N) is 1. The minimum absolute atomic E-state index is 1.04. The van der Waals surface area contributed by atoms with Gasteiger partial charge in [-0.3, -0.25) is 4.98 Å². The van der Waals surface area contributed by atoms with Crippen molar-refractivity contribution >= 4 is 11.8 Å². The molecule has 0 saturated carbocycles. The van der Waals surface area contributed by atoms with Crippen LogP contribution in [0.25, 0.3) is 0 Å². The molecule has 1 N–H and O–H groups in total. The lowest BCUT2D eigenvalue weighted by Crippen LogP contribution is -3.07. The number of thioether (sulfide) groups is 1. The maximum absolute atomic E-state index is 4.36. The van der Waals surface area contributed by atoms with Gasteiger partial charge in [0.15, 0.2) is 0 Å². The Labute approximate surface area is 119 Å². The fourth-order valence-corrected chi connectivity index (χ4v) is 2.48. The van der Waals surface area contributed by atoms with E-state index in [1.807, 2.05) is 12.3 Å². The van der Waals surface area contributed by atoms with Crippen molar-refractivity contribution in [1.29, 1.82) is 0 Å². The molecule has 2 rings (SSSR count). The van der Waals surface area contributed by atoms with Gasteiger partial charge in [0.25, 0.3) is 0 Å². The molecule has 2 aromatic rings. The summed E-state index contributed by atoms with van der Waals surface area (Å²) in [5.41, 5.74) is 2.58. The molecule has 0 saturated heterocycles. The Bertz CT molecular complexity index is 482. The number of quaternary nitrogens is 1. The van der Waals surface area contributed by atoms with E-state index in [1.165, 1.54) is 21.1 Å². The number of rotatable bonds is 6. The summed E-state index contributed by atoms with van der Waals surface area (Å²) in [6.45, 7) is 2.18. The SMILES string of the molecule is CSc1ccc(C[NH+](C)CCc2ccccn2)cc1. The van der Waals surface area contributed by atoms with Gasteiger partial charge in [0.2, 0.25) is 0 Å². The molecule has 1 aromatic carbocycles. The van der Waals surface area contributed by atoms with Crippen LogP contribution in [-0.4, -0.2) is 24.8 Å². The molecule has 1 aromatic heterocycles. The maximum Gasteiger partial charge on any atom is 0.103 e. The number of aromatic nitrogens is 1. The summed E-state index contributed by atoms with van der Waals surface area (Å²) < 4.78 is 0. The average molecular weight is 273 g/mol. The first-order valence-electron chi connectivity index (χ1n) is 6.62. The number of nitrogens with one attached hydrogen (secondary N) is 1. The molecule has 0 amide bonds. The first kappa shape index (κ1) is 14.1. The minimum atomic E-state index is 1.04. The Balaban J connectivity index is 1.82. The molecule has 0 radical (unpaired) electrons. The van der Waals surface area contributed by atoms with Crippen molar-refractivity contribution in [3.05, 3.63) is 59.9 Å². The molecule has 0 bridgehead atoms. The second-order valence-corrected chi connectivity index (χ2v) is 5.68. The van der Waals surface area contributed by atoms with Crippen molar-refractivity contribution in [1.82, 2.24) is 4.98 Å². The van der Waals surface area contributed by atoms with Gasteiger partial charge >= 0.3 is 0 Å². The van der Waals surface area contributed by atoms with E-state index in [0.717, 1.165) is 19.5 Å². The first-order chi connectivity index (χ1) is 9.28. The van der Waals surface area contributed by atoms with E-state index >= 15 is 0 Å². The summed E-state index contributed by atoms with van der Waals surface area (Å²) in [7, 11) is 2.24. The van der Waals surface area contributed by atoms with Crippen LogP contribution in [0.5, 0.6) is 0 Å². The minimum Gasteiger partial charge on any atom is -0.333 e. The predicted octanol–water partition coefficient (Wildman–Crippen LogP) is 2.06. The Morgan fingerprint density at radius 2 is 1.89 bits per heavy atom. The van der Waals surface area contributed by atoms with Gasteiger partial charge in [-0.15, -0.1) is 11.8 Å². The van der Waals surface area contributed by atoms with Crippen LogP contribution < -0.4 is 4.90 Å². The fraction of sp³-hybridized carbons (Fsp3) is 0.312. The van der Waals surface area contributed by atoms with Crippen molar-refractivity contribution in [2.45, 2.75) is 17.9 Å². The smallest absolute Gasteiger partial charge is 0.103 e. The number of benzene rings is 1. The summed E-state index contributed by atoms with van der Waals surface area (Å²) in [4.78, 5) is 7.21. The third kappa shape index (κ3) is 4.69.